The van der Waals surface area contributed by atoms with Gasteiger partial charge in [-0.05, 0) is 25.2 Å². The van der Waals surface area contributed by atoms with Gasteiger partial charge < -0.3 is 10.2 Å². The highest BCUT2D eigenvalue weighted by atomic mass is 32.2. The van der Waals surface area contributed by atoms with Gasteiger partial charge in [0.1, 0.15) is 9.84 Å². The lowest BCUT2D eigenvalue weighted by atomic mass is 10.00. The Morgan fingerprint density at radius 2 is 2.00 bits per heavy atom. The molecule has 1 fully saturated rings. The normalized spacial score (nSPS) is 19.1. The Bertz CT molecular complexity index is 371. The SMILES string of the molecule is CN=C(NCCCS(C)(=O)=O)N1CCC(C)CC1. The van der Waals surface area contributed by atoms with E-state index in [1.807, 2.05) is 0 Å². The smallest absolute Gasteiger partial charge is 0.193 e. The van der Waals surface area contributed by atoms with Gasteiger partial charge in [-0.25, -0.2) is 8.42 Å². The van der Waals surface area contributed by atoms with Crippen molar-refractivity contribution in [3.05, 3.63) is 0 Å². The molecule has 1 saturated heterocycles. The average molecular weight is 275 g/mol. The van der Waals surface area contributed by atoms with Gasteiger partial charge in [0.2, 0.25) is 0 Å². The van der Waals surface area contributed by atoms with Gasteiger partial charge in [0.15, 0.2) is 5.96 Å². The highest BCUT2D eigenvalue weighted by molar-refractivity contribution is 7.90. The van der Waals surface area contributed by atoms with E-state index in [9.17, 15) is 8.42 Å². The first-order valence-corrected chi connectivity index (χ1v) is 8.62. The maximum absolute atomic E-state index is 11.0. The molecule has 1 aliphatic heterocycles. The average Bonchev–Trinajstić information content (AvgIpc) is 2.29. The minimum atomic E-state index is -2.85. The topological polar surface area (TPSA) is 61.8 Å². The molecule has 0 radical (unpaired) electrons. The second kappa shape index (κ2) is 6.97. The molecule has 0 saturated carbocycles. The first-order chi connectivity index (χ1) is 8.42. The third-order valence-electron chi connectivity index (χ3n) is 3.27. The molecule has 0 amide bonds. The second-order valence-corrected chi connectivity index (χ2v) is 7.39. The summed E-state index contributed by atoms with van der Waals surface area (Å²) in [6, 6.07) is 0. The summed E-state index contributed by atoms with van der Waals surface area (Å²) >= 11 is 0. The van der Waals surface area contributed by atoms with Crippen molar-refractivity contribution in [3.63, 3.8) is 0 Å². The summed E-state index contributed by atoms with van der Waals surface area (Å²) in [5, 5.41) is 3.24. The second-order valence-electron chi connectivity index (χ2n) is 5.13. The Labute approximate surface area is 111 Å². The zero-order chi connectivity index (χ0) is 13.6. The molecule has 1 aliphatic rings. The Kier molecular flexibility index (Phi) is 5.91. The molecule has 1 rings (SSSR count). The summed E-state index contributed by atoms with van der Waals surface area (Å²) in [4.78, 5) is 6.50. The van der Waals surface area contributed by atoms with Gasteiger partial charge in [-0.1, -0.05) is 6.92 Å². The molecular formula is C12H25N3O2S. The minimum absolute atomic E-state index is 0.230. The number of hydrogen-bond donors (Lipinski definition) is 1. The number of sulfone groups is 1. The van der Waals surface area contributed by atoms with Crippen molar-refractivity contribution in [3.8, 4) is 0 Å². The Morgan fingerprint density at radius 3 is 2.50 bits per heavy atom. The van der Waals surface area contributed by atoms with Gasteiger partial charge in [-0.3, -0.25) is 4.99 Å². The van der Waals surface area contributed by atoms with Crippen LogP contribution in [-0.4, -0.2) is 58.0 Å². The number of rotatable bonds is 4. The molecule has 1 heterocycles. The van der Waals surface area contributed by atoms with E-state index in [4.69, 9.17) is 0 Å². The van der Waals surface area contributed by atoms with Crippen LogP contribution in [0.5, 0.6) is 0 Å². The van der Waals surface area contributed by atoms with Gasteiger partial charge in [0.25, 0.3) is 0 Å². The lowest BCUT2D eigenvalue weighted by Crippen LogP contribution is -2.45. The lowest BCUT2D eigenvalue weighted by molar-refractivity contribution is 0.273. The Morgan fingerprint density at radius 1 is 1.39 bits per heavy atom. The van der Waals surface area contributed by atoms with E-state index in [1.165, 1.54) is 19.1 Å². The Balaban J connectivity index is 2.30. The largest absolute Gasteiger partial charge is 0.356 e. The summed E-state index contributed by atoms with van der Waals surface area (Å²) in [5.41, 5.74) is 0. The van der Waals surface area contributed by atoms with Crippen molar-refractivity contribution in [1.29, 1.82) is 0 Å². The molecule has 0 aromatic heterocycles. The van der Waals surface area contributed by atoms with Gasteiger partial charge >= 0.3 is 0 Å². The first-order valence-electron chi connectivity index (χ1n) is 6.55. The molecule has 18 heavy (non-hydrogen) atoms. The van der Waals surface area contributed by atoms with Crippen LogP contribution in [0.15, 0.2) is 4.99 Å². The zero-order valence-corrected chi connectivity index (χ0v) is 12.5. The van der Waals surface area contributed by atoms with Crippen LogP contribution in [0.1, 0.15) is 26.2 Å². The predicted molar refractivity (Wildman–Crippen MR) is 75.7 cm³/mol. The van der Waals surface area contributed by atoms with Crippen LogP contribution in [0.2, 0.25) is 0 Å². The summed E-state index contributed by atoms with van der Waals surface area (Å²) in [6.45, 7) is 5.01. The van der Waals surface area contributed by atoms with Crippen molar-refractivity contribution < 1.29 is 8.42 Å². The van der Waals surface area contributed by atoms with E-state index < -0.39 is 9.84 Å². The van der Waals surface area contributed by atoms with Gasteiger partial charge in [0, 0.05) is 32.9 Å². The van der Waals surface area contributed by atoms with Crippen molar-refractivity contribution in [2.75, 3.05) is 38.7 Å². The summed E-state index contributed by atoms with van der Waals surface area (Å²) in [7, 11) is -1.08. The Hall–Kier alpha value is -0.780. The molecule has 5 nitrogen and oxygen atoms in total. The highest BCUT2D eigenvalue weighted by Crippen LogP contribution is 2.15. The van der Waals surface area contributed by atoms with E-state index in [2.05, 4.69) is 22.1 Å². The molecule has 0 aromatic rings. The summed E-state index contributed by atoms with van der Waals surface area (Å²) in [5.74, 6) is 1.92. The van der Waals surface area contributed by atoms with Gasteiger partial charge in [0.05, 0.1) is 5.75 Å². The van der Waals surface area contributed by atoms with Crippen LogP contribution >= 0.6 is 0 Å². The molecule has 0 spiro atoms. The van der Waals surface area contributed by atoms with E-state index in [-0.39, 0.29) is 5.75 Å². The maximum atomic E-state index is 11.0. The van der Waals surface area contributed by atoms with Crippen LogP contribution in [0.3, 0.4) is 0 Å². The number of likely N-dealkylation sites (tertiary alicyclic amines) is 1. The fraction of sp³-hybridized carbons (Fsp3) is 0.917. The minimum Gasteiger partial charge on any atom is -0.356 e. The molecule has 0 bridgehead atoms. The van der Waals surface area contributed by atoms with Crippen LogP contribution in [0.4, 0.5) is 0 Å². The molecule has 0 aliphatic carbocycles. The predicted octanol–water partition coefficient (Wildman–Crippen LogP) is 0.728. The van der Waals surface area contributed by atoms with E-state index in [0.717, 1.165) is 25.0 Å². The molecule has 0 aromatic carbocycles. The van der Waals surface area contributed by atoms with Crippen molar-refractivity contribution in [2.45, 2.75) is 26.2 Å². The molecule has 0 unspecified atom stereocenters. The molecule has 6 heteroatoms. The zero-order valence-electron chi connectivity index (χ0n) is 11.6. The highest BCUT2D eigenvalue weighted by Gasteiger charge is 2.18. The fourth-order valence-electron chi connectivity index (χ4n) is 2.09. The van der Waals surface area contributed by atoms with Gasteiger partial charge in [-0.15, -0.1) is 0 Å². The number of nitrogens with zero attached hydrogens (tertiary/aromatic N) is 2. The van der Waals surface area contributed by atoms with Crippen LogP contribution in [0.25, 0.3) is 0 Å². The lowest BCUT2D eigenvalue weighted by Gasteiger charge is -2.32. The van der Waals surface area contributed by atoms with E-state index in [1.54, 1.807) is 7.05 Å². The van der Waals surface area contributed by atoms with Crippen molar-refractivity contribution in [1.82, 2.24) is 10.2 Å². The van der Waals surface area contributed by atoms with Gasteiger partial charge in [-0.2, -0.15) is 0 Å². The third kappa shape index (κ3) is 5.71. The van der Waals surface area contributed by atoms with Crippen LogP contribution < -0.4 is 5.32 Å². The van der Waals surface area contributed by atoms with Crippen LogP contribution in [-0.2, 0) is 9.84 Å². The number of piperidine rings is 1. The summed E-state index contributed by atoms with van der Waals surface area (Å²) in [6.07, 6.45) is 4.30. The summed E-state index contributed by atoms with van der Waals surface area (Å²) < 4.78 is 22.0. The van der Waals surface area contributed by atoms with Crippen molar-refractivity contribution >= 4 is 15.8 Å². The molecule has 1 N–H and O–H groups in total. The monoisotopic (exact) mass is 275 g/mol. The third-order valence-corrected chi connectivity index (χ3v) is 4.30. The first kappa shape index (κ1) is 15.3. The number of hydrogen-bond acceptors (Lipinski definition) is 3. The number of aliphatic imine (C=N–C) groups is 1. The molecule has 106 valence electrons. The van der Waals surface area contributed by atoms with Crippen LogP contribution in [0, 0.1) is 5.92 Å². The molecule has 0 atom stereocenters. The molecular weight excluding hydrogens is 250 g/mol. The number of nitrogens with one attached hydrogen (secondary N) is 1. The fourth-order valence-corrected chi connectivity index (χ4v) is 2.76. The maximum Gasteiger partial charge on any atom is 0.193 e. The quantitative estimate of drug-likeness (QED) is 0.467. The van der Waals surface area contributed by atoms with Crippen molar-refractivity contribution in [2.24, 2.45) is 10.9 Å². The number of guanidine groups is 1. The van der Waals surface area contributed by atoms with E-state index in [0.29, 0.717) is 13.0 Å². The van der Waals surface area contributed by atoms with E-state index >= 15 is 0 Å². The standard InChI is InChI=1S/C12H25N3O2S/c1-11-5-8-15(9-6-11)12(13-2)14-7-4-10-18(3,16)17/h11H,4-10H2,1-3H3,(H,13,14).